The van der Waals surface area contributed by atoms with Crippen LogP contribution in [0.4, 0.5) is 0 Å². The van der Waals surface area contributed by atoms with Crippen molar-refractivity contribution in [3.05, 3.63) is 59.2 Å². The van der Waals surface area contributed by atoms with Crippen LogP contribution in [-0.2, 0) is 16.0 Å². The molecule has 1 heterocycles. The van der Waals surface area contributed by atoms with E-state index in [-0.39, 0.29) is 29.8 Å². The minimum atomic E-state index is -0.222. The maximum Gasteiger partial charge on any atom is 0.232 e. The van der Waals surface area contributed by atoms with Crippen molar-refractivity contribution in [1.82, 2.24) is 4.90 Å². The third-order valence-corrected chi connectivity index (χ3v) is 6.79. The van der Waals surface area contributed by atoms with E-state index in [9.17, 15) is 9.59 Å². The largest absolute Gasteiger partial charge is 0.493 e. The van der Waals surface area contributed by atoms with E-state index in [2.05, 4.69) is 31.2 Å². The van der Waals surface area contributed by atoms with Crippen LogP contribution >= 0.6 is 0 Å². The first-order chi connectivity index (χ1) is 15.4. The SMILES string of the molecule is COc1ccc([C@@H]2C[C@@H](Cc3cccc(C)c3)C(=O)N(C(C)=O)C2)cc1OC1CCCC1. The quantitative estimate of drug-likeness (QED) is 0.637. The Kier molecular flexibility index (Phi) is 6.83. The number of piperidine rings is 1. The van der Waals surface area contributed by atoms with Gasteiger partial charge in [-0.05, 0) is 68.7 Å². The Hall–Kier alpha value is -2.82. The standard InChI is InChI=1S/C27H33NO4/c1-18-7-6-8-20(13-18)14-22-15-23(17-28(19(2)29)27(22)30)21-11-12-25(31-3)26(16-21)32-24-9-4-5-10-24/h6-8,11-13,16,22-24H,4-5,9-10,14-15,17H2,1-3H3/t22-,23-/m1/s1. The number of carbonyl (C=O) groups excluding carboxylic acids is 2. The molecule has 0 spiro atoms. The smallest absolute Gasteiger partial charge is 0.232 e. The van der Waals surface area contributed by atoms with Gasteiger partial charge in [-0.1, -0.05) is 35.9 Å². The van der Waals surface area contributed by atoms with Crippen LogP contribution in [0.25, 0.3) is 0 Å². The van der Waals surface area contributed by atoms with Gasteiger partial charge in [0.05, 0.1) is 13.2 Å². The number of amides is 2. The normalized spacial score (nSPS) is 21.6. The van der Waals surface area contributed by atoms with Crippen LogP contribution in [0.15, 0.2) is 42.5 Å². The third-order valence-electron chi connectivity index (χ3n) is 6.79. The number of rotatable bonds is 6. The van der Waals surface area contributed by atoms with Crippen LogP contribution in [-0.4, -0.2) is 36.5 Å². The van der Waals surface area contributed by atoms with Crippen molar-refractivity contribution in [2.45, 2.75) is 64.4 Å². The predicted octanol–water partition coefficient (Wildman–Crippen LogP) is 5.05. The fourth-order valence-corrected chi connectivity index (χ4v) is 5.09. The number of aryl methyl sites for hydroxylation is 1. The molecule has 0 bridgehead atoms. The molecule has 170 valence electrons. The van der Waals surface area contributed by atoms with Gasteiger partial charge in [0.15, 0.2) is 11.5 Å². The zero-order chi connectivity index (χ0) is 22.7. The van der Waals surface area contributed by atoms with Crippen molar-refractivity contribution < 1.29 is 19.1 Å². The molecule has 0 radical (unpaired) electrons. The highest BCUT2D eigenvalue weighted by Crippen LogP contribution is 2.38. The number of hydrogen-bond acceptors (Lipinski definition) is 4. The topological polar surface area (TPSA) is 55.8 Å². The Morgan fingerprint density at radius 2 is 1.88 bits per heavy atom. The molecular formula is C27H33NO4. The van der Waals surface area contributed by atoms with Gasteiger partial charge in [0.2, 0.25) is 11.8 Å². The van der Waals surface area contributed by atoms with Crippen LogP contribution in [0.1, 0.15) is 61.6 Å². The fourth-order valence-electron chi connectivity index (χ4n) is 5.09. The third kappa shape index (κ3) is 4.98. The van der Waals surface area contributed by atoms with Crippen LogP contribution in [0.5, 0.6) is 11.5 Å². The molecule has 2 fully saturated rings. The highest BCUT2D eigenvalue weighted by molar-refractivity contribution is 5.96. The lowest BCUT2D eigenvalue weighted by atomic mass is 9.81. The van der Waals surface area contributed by atoms with Crippen molar-refractivity contribution in [3.8, 4) is 11.5 Å². The summed E-state index contributed by atoms with van der Waals surface area (Å²) in [6.07, 6.45) is 6.13. The Morgan fingerprint density at radius 3 is 2.56 bits per heavy atom. The summed E-state index contributed by atoms with van der Waals surface area (Å²) < 4.78 is 11.8. The number of benzene rings is 2. The second-order valence-corrected chi connectivity index (χ2v) is 9.23. The summed E-state index contributed by atoms with van der Waals surface area (Å²) in [4.78, 5) is 26.8. The molecule has 1 aliphatic carbocycles. The van der Waals surface area contributed by atoms with Gasteiger partial charge in [0.25, 0.3) is 0 Å². The molecule has 32 heavy (non-hydrogen) atoms. The van der Waals surface area contributed by atoms with E-state index in [0.29, 0.717) is 19.4 Å². The molecule has 2 aromatic carbocycles. The number of methoxy groups -OCH3 is 1. The summed E-state index contributed by atoms with van der Waals surface area (Å²) in [5.41, 5.74) is 3.40. The Bertz CT molecular complexity index is 979. The minimum Gasteiger partial charge on any atom is -0.493 e. The molecule has 5 heteroatoms. The first-order valence-electron chi connectivity index (χ1n) is 11.7. The van der Waals surface area contributed by atoms with E-state index in [1.54, 1.807) is 7.11 Å². The lowest BCUT2D eigenvalue weighted by Crippen LogP contribution is -2.47. The summed E-state index contributed by atoms with van der Waals surface area (Å²) in [6.45, 7) is 3.94. The van der Waals surface area contributed by atoms with Gasteiger partial charge < -0.3 is 9.47 Å². The first kappa shape index (κ1) is 22.4. The molecule has 2 aliphatic rings. The molecule has 0 N–H and O–H groups in total. The maximum atomic E-state index is 13.1. The Morgan fingerprint density at radius 1 is 1.09 bits per heavy atom. The van der Waals surface area contributed by atoms with Crippen LogP contribution < -0.4 is 9.47 Å². The highest BCUT2D eigenvalue weighted by Gasteiger charge is 2.37. The van der Waals surface area contributed by atoms with Crippen LogP contribution in [0, 0.1) is 12.8 Å². The van der Waals surface area contributed by atoms with Gasteiger partial charge in [0.1, 0.15) is 0 Å². The van der Waals surface area contributed by atoms with Crippen LogP contribution in [0.3, 0.4) is 0 Å². The van der Waals surface area contributed by atoms with E-state index >= 15 is 0 Å². The summed E-state index contributed by atoms with van der Waals surface area (Å²) in [5.74, 6) is 1.09. The lowest BCUT2D eigenvalue weighted by Gasteiger charge is -2.36. The van der Waals surface area contributed by atoms with E-state index in [0.717, 1.165) is 35.5 Å². The van der Waals surface area contributed by atoms with Gasteiger partial charge in [-0.2, -0.15) is 0 Å². The molecule has 0 unspecified atom stereocenters. The van der Waals surface area contributed by atoms with Gasteiger partial charge >= 0.3 is 0 Å². The molecule has 1 saturated heterocycles. The molecule has 1 aliphatic heterocycles. The van der Waals surface area contributed by atoms with Crippen molar-refractivity contribution in [1.29, 1.82) is 0 Å². The summed E-state index contributed by atoms with van der Waals surface area (Å²) >= 11 is 0. The highest BCUT2D eigenvalue weighted by atomic mass is 16.5. The second-order valence-electron chi connectivity index (χ2n) is 9.23. The number of hydrogen-bond donors (Lipinski definition) is 0. The second kappa shape index (κ2) is 9.76. The van der Waals surface area contributed by atoms with Crippen LogP contribution in [0.2, 0.25) is 0 Å². The molecule has 0 aromatic heterocycles. The van der Waals surface area contributed by atoms with Crippen molar-refractivity contribution in [3.63, 3.8) is 0 Å². The van der Waals surface area contributed by atoms with Crippen molar-refractivity contribution >= 4 is 11.8 Å². The zero-order valence-corrected chi connectivity index (χ0v) is 19.3. The predicted molar refractivity (Wildman–Crippen MR) is 124 cm³/mol. The summed E-state index contributed by atoms with van der Waals surface area (Å²) in [6, 6.07) is 14.3. The minimum absolute atomic E-state index is 0.0637. The molecule has 1 saturated carbocycles. The summed E-state index contributed by atoms with van der Waals surface area (Å²) in [5, 5.41) is 0. The van der Waals surface area contributed by atoms with Gasteiger partial charge in [-0.15, -0.1) is 0 Å². The number of likely N-dealkylation sites (tertiary alicyclic amines) is 1. The molecule has 2 atom stereocenters. The number of imide groups is 1. The van der Waals surface area contributed by atoms with E-state index in [4.69, 9.17) is 9.47 Å². The van der Waals surface area contributed by atoms with E-state index in [1.807, 2.05) is 18.2 Å². The fraction of sp³-hybridized carbons (Fsp3) is 0.481. The molecule has 2 aromatic rings. The average Bonchev–Trinajstić information content (AvgIpc) is 3.28. The van der Waals surface area contributed by atoms with Crippen molar-refractivity contribution in [2.75, 3.05) is 13.7 Å². The first-order valence-corrected chi connectivity index (χ1v) is 11.7. The molecule has 4 rings (SSSR count). The Balaban J connectivity index is 1.59. The summed E-state index contributed by atoms with van der Waals surface area (Å²) in [7, 11) is 1.66. The zero-order valence-electron chi connectivity index (χ0n) is 19.3. The average molecular weight is 436 g/mol. The number of ether oxygens (including phenoxy) is 2. The monoisotopic (exact) mass is 435 g/mol. The molecular weight excluding hydrogens is 402 g/mol. The molecule has 2 amide bonds. The van der Waals surface area contributed by atoms with E-state index in [1.165, 1.54) is 30.2 Å². The van der Waals surface area contributed by atoms with Gasteiger partial charge in [-0.25, -0.2) is 0 Å². The maximum absolute atomic E-state index is 13.1. The van der Waals surface area contributed by atoms with Gasteiger partial charge in [0, 0.05) is 25.3 Å². The lowest BCUT2D eigenvalue weighted by molar-refractivity contribution is -0.149. The van der Waals surface area contributed by atoms with Crippen molar-refractivity contribution in [2.24, 2.45) is 5.92 Å². The van der Waals surface area contributed by atoms with E-state index < -0.39 is 0 Å². The number of nitrogens with zero attached hydrogens (tertiary/aromatic N) is 1. The molecule has 5 nitrogen and oxygen atoms in total. The van der Waals surface area contributed by atoms with Gasteiger partial charge in [-0.3, -0.25) is 14.5 Å². The Labute approximate surface area is 190 Å². The number of carbonyl (C=O) groups is 2.